The Labute approximate surface area is 380 Å². The number of amides is 1. The Kier molecular flexibility index (Phi) is 49.6. The van der Waals surface area contributed by atoms with Gasteiger partial charge in [0.15, 0.2) is 0 Å². The van der Waals surface area contributed by atoms with Gasteiger partial charge < -0.3 is 20.3 Å². The van der Waals surface area contributed by atoms with Crippen LogP contribution in [0.4, 0.5) is 0 Å². The molecule has 6 heteroatoms. The minimum atomic E-state index is -0.674. The van der Waals surface area contributed by atoms with Gasteiger partial charge in [-0.05, 0) is 64.2 Å². The molecule has 0 aromatic carbocycles. The second-order valence-corrected chi connectivity index (χ2v) is 18.6. The van der Waals surface area contributed by atoms with Gasteiger partial charge in [0.05, 0.1) is 25.4 Å². The standard InChI is InChI=1S/C55H105NO5/c1-3-5-7-9-11-13-15-17-21-24-27-31-35-39-43-47-53(58)52(51-57)56-54(59)48-44-40-36-32-28-25-22-19-18-20-23-26-30-34-38-42-46-50-61-55(60)49-45-41-37-33-29-16-14-12-10-8-6-4-2/h18,20,26,30,52-53,57-58H,3-17,19,21-25,27-29,31-51H2,1-2H3,(H,56,59)/b20-18-,30-26-. The summed E-state index contributed by atoms with van der Waals surface area (Å²) in [5.74, 6) is -0.0649. The summed E-state index contributed by atoms with van der Waals surface area (Å²) < 4.78 is 5.44. The van der Waals surface area contributed by atoms with Crippen LogP contribution in [0.3, 0.4) is 0 Å². The van der Waals surface area contributed by atoms with Crippen LogP contribution >= 0.6 is 0 Å². The molecule has 3 N–H and O–H groups in total. The molecular weight excluding hydrogens is 755 g/mol. The Morgan fingerprint density at radius 2 is 0.820 bits per heavy atom. The molecule has 0 rings (SSSR count). The monoisotopic (exact) mass is 860 g/mol. The highest BCUT2D eigenvalue weighted by molar-refractivity contribution is 5.76. The number of allylic oxidation sites excluding steroid dienone is 4. The van der Waals surface area contributed by atoms with Crippen molar-refractivity contribution in [3.8, 4) is 0 Å². The number of hydrogen-bond acceptors (Lipinski definition) is 5. The number of carbonyl (C=O) groups is 2. The highest BCUT2D eigenvalue weighted by Crippen LogP contribution is 2.16. The van der Waals surface area contributed by atoms with E-state index in [2.05, 4.69) is 43.5 Å². The van der Waals surface area contributed by atoms with Crippen LogP contribution in [-0.2, 0) is 14.3 Å². The number of hydrogen-bond donors (Lipinski definition) is 3. The molecule has 1 amide bonds. The maximum atomic E-state index is 12.5. The third kappa shape index (κ3) is 47.7. The topological polar surface area (TPSA) is 95.9 Å². The predicted molar refractivity (Wildman–Crippen MR) is 264 cm³/mol. The highest BCUT2D eigenvalue weighted by atomic mass is 16.5. The number of nitrogens with one attached hydrogen (secondary N) is 1. The largest absolute Gasteiger partial charge is 0.466 e. The molecule has 0 aromatic heterocycles. The van der Waals surface area contributed by atoms with Gasteiger partial charge in [-0.1, -0.05) is 237 Å². The van der Waals surface area contributed by atoms with E-state index in [1.165, 1.54) is 173 Å². The molecule has 0 heterocycles. The van der Waals surface area contributed by atoms with Gasteiger partial charge in [-0.3, -0.25) is 9.59 Å². The summed E-state index contributed by atoms with van der Waals surface area (Å²) in [7, 11) is 0. The number of carbonyl (C=O) groups excluding carboxylic acids is 2. The van der Waals surface area contributed by atoms with Gasteiger partial charge in [0.2, 0.25) is 5.91 Å². The van der Waals surface area contributed by atoms with Crippen LogP contribution in [-0.4, -0.2) is 47.4 Å². The number of rotatable bonds is 50. The Bertz CT molecular complexity index is 951. The minimum Gasteiger partial charge on any atom is -0.466 e. The quantitative estimate of drug-likeness (QED) is 0.0322. The zero-order valence-corrected chi connectivity index (χ0v) is 40.9. The van der Waals surface area contributed by atoms with Crippen molar-refractivity contribution < 1.29 is 24.5 Å². The third-order valence-electron chi connectivity index (χ3n) is 12.5. The average molecular weight is 860 g/mol. The summed E-state index contributed by atoms with van der Waals surface area (Å²) >= 11 is 0. The van der Waals surface area contributed by atoms with Crippen LogP contribution in [0.5, 0.6) is 0 Å². The fraction of sp³-hybridized carbons (Fsp3) is 0.891. The Hall–Kier alpha value is -1.66. The molecule has 2 atom stereocenters. The molecule has 0 bridgehead atoms. The van der Waals surface area contributed by atoms with E-state index >= 15 is 0 Å². The molecule has 0 saturated heterocycles. The van der Waals surface area contributed by atoms with Gasteiger partial charge in [-0.25, -0.2) is 0 Å². The molecule has 0 aliphatic heterocycles. The fourth-order valence-corrected chi connectivity index (χ4v) is 8.32. The van der Waals surface area contributed by atoms with E-state index in [-0.39, 0.29) is 18.5 Å². The molecule has 61 heavy (non-hydrogen) atoms. The smallest absolute Gasteiger partial charge is 0.305 e. The van der Waals surface area contributed by atoms with E-state index in [4.69, 9.17) is 4.74 Å². The van der Waals surface area contributed by atoms with Gasteiger partial charge in [-0.15, -0.1) is 0 Å². The van der Waals surface area contributed by atoms with Gasteiger partial charge >= 0.3 is 5.97 Å². The molecule has 0 saturated carbocycles. The maximum Gasteiger partial charge on any atom is 0.305 e. The lowest BCUT2D eigenvalue weighted by molar-refractivity contribution is -0.143. The third-order valence-corrected chi connectivity index (χ3v) is 12.5. The van der Waals surface area contributed by atoms with Crippen LogP contribution in [0.25, 0.3) is 0 Å². The zero-order chi connectivity index (χ0) is 44.4. The normalized spacial score (nSPS) is 12.8. The highest BCUT2D eigenvalue weighted by Gasteiger charge is 2.20. The van der Waals surface area contributed by atoms with Gasteiger partial charge in [0, 0.05) is 12.8 Å². The van der Waals surface area contributed by atoms with E-state index in [1.807, 2.05) is 0 Å². The summed E-state index contributed by atoms with van der Waals surface area (Å²) in [4.78, 5) is 24.4. The van der Waals surface area contributed by atoms with E-state index in [0.717, 1.165) is 83.5 Å². The second kappa shape index (κ2) is 51.0. The molecule has 0 radical (unpaired) electrons. The Morgan fingerprint density at radius 3 is 1.25 bits per heavy atom. The maximum absolute atomic E-state index is 12.5. The molecule has 2 unspecified atom stereocenters. The van der Waals surface area contributed by atoms with Crippen molar-refractivity contribution in [1.82, 2.24) is 5.32 Å². The first kappa shape index (κ1) is 59.3. The van der Waals surface area contributed by atoms with Crippen molar-refractivity contribution in [1.29, 1.82) is 0 Å². The number of ether oxygens (including phenoxy) is 1. The van der Waals surface area contributed by atoms with Crippen molar-refractivity contribution in [2.24, 2.45) is 0 Å². The lowest BCUT2D eigenvalue weighted by atomic mass is 10.0. The van der Waals surface area contributed by atoms with E-state index < -0.39 is 12.1 Å². The fourth-order valence-electron chi connectivity index (χ4n) is 8.32. The van der Waals surface area contributed by atoms with Crippen LogP contribution < -0.4 is 5.32 Å². The first-order chi connectivity index (χ1) is 30.0. The summed E-state index contributed by atoms with van der Waals surface area (Å²) in [5.41, 5.74) is 0. The molecule has 0 spiro atoms. The van der Waals surface area contributed by atoms with Crippen LogP contribution in [0.1, 0.15) is 290 Å². The second-order valence-electron chi connectivity index (χ2n) is 18.6. The van der Waals surface area contributed by atoms with Crippen molar-refractivity contribution in [3.63, 3.8) is 0 Å². The predicted octanol–water partition coefficient (Wildman–Crippen LogP) is 16.3. The summed E-state index contributed by atoms with van der Waals surface area (Å²) in [6.07, 6.45) is 60.1. The van der Waals surface area contributed by atoms with Crippen molar-refractivity contribution in [3.05, 3.63) is 24.3 Å². The zero-order valence-electron chi connectivity index (χ0n) is 40.9. The minimum absolute atomic E-state index is 0.0148. The number of esters is 1. The van der Waals surface area contributed by atoms with Crippen LogP contribution in [0, 0.1) is 0 Å². The van der Waals surface area contributed by atoms with Gasteiger partial charge in [0.25, 0.3) is 0 Å². The van der Waals surface area contributed by atoms with Crippen LogP contribution in [0.15, 0.2) is 24.3 Å². The molecule has 0 aliphatic carbocycles. The summed E-state index contributed by atoms with van der Waals surface area (Å²) in [6, 6.07) is -0.553. The first-order valence-electron chi connectivity index (χ1n) is 27.1. The van der Waals surface area contributed by atoms with Gasteiger partial charge in [-0.2, -0.15) is 0 Å². The number of aliphatic hydroxyl groups excluding tert-OH is 2. The average Bonchev–Trinajstić information content (AvgIpc) is 3.26. The number of unbranched alkanes of at least 4 members (excludes halogenated alkanes) is 35. The molecule has 0 fully saturated rings. The van der Waals surface area contributed by atoms with E-state index in [0.29, 0.717) is 25.9 Å². The molecule has 0 aromatic rings. The van der Waals surface area contributed by atoms with Gasteiger partial charge in [0.1, 0.15) is 0 Å². The Balaban J connectivity index is 3.50. The molecule has 360 valence electrons. The number of aliphatic hydroxyl groups is 2. The first-order valence-corrected chi connectivity index (χ1v) is 27.1. The van der Waals surface area contributed by atoms with Crippen LogP contribution in [0.2, 0.25) is 0 Å². The SMILES string of the molecule is CCCCCCCCCCCCCCCCCC(O)C(CO)NC(=O)CCCCCCCCC/C=C\C/C=C\CCCCCOC(=O)CCCCCCCCCCCCCC. The van der Waals surface area contributed by atoms with Crippen molar-refractivity contribution in [2.75, 3.05) is 13.2 Å². The van der Waals surface area contributed by atoms with E-state index in [9.17, 15) is 19.8 Å². The summed E-state index contributed by atoms with van der Waals surface area (Å²) in [6.45, 7) is 4.91. The van der Waals surface area contributed by atoms with E-state index in [1.54, 1.807) is 0 Å². The lowest BCUT2D eigenvalue weighted by Crippen LogP contribution is -2.45. The van der Waals surface area contributed by atoms with Crippen molar-refractivity contribution in [2.45, 2.75) is 302 Å². The molecular formula is C55H105NO5. The molecule has 6 nitrogen and oxygen atoms in total. The lowest BCUT2D eigenvalue weighted by Gasteiger charge is -2.22. The summed E-state index contributed by atoms with van der Waals surface area (Å²) in [5, 5.41) is 23.2. The van der Waals surface area contributed by atoms with Crippen molar-refractivity contribution >= 4 is 11.9 Å². The Morgan fingerprint density at radius 1 is 0.459 bits per heavy atom. The molecule has 0 aliphatic rings.